The number of carbonyl (C=O) groups excluding carboxylic acids is 3. The summed E-state index contributed by atoms with van der Waals surface area (Å²) in [6.07, 6.45) is 2.09. The topological polar surface area (TPSA) is 94.8 Å². The number of Topliss-reactive ketones (excluding diaryl/α,β-unsaturated/α-hetero) is 1. The van der Waals surface area contributed by atoms with Gasteiger partial charge in [-0.15, -0.1) is 0 Å². The van der Waals surface area contributed by atoms with Gasteiger partial charge in [-0.2, -0.15) is 0 Å². The van der Waals surface area contributed by atoms with E-state index in [1.54, 1.807) is 12.1 Å². The van der Waals surface area contributed by atoms with Gasteiger partial charge in [0.2, 0.25) is 0 Å². The van der Waals surface area contributed by atoms with Crippen LogP contribution in [0.1, 0.15) is 12.7 Å². The summed E-state index contributed by atoms with van der Waals surface area (Å²) in [5.41, 5.74) is 0. The minimum Gasteiger partial charge on any atom is -0.466 e. The van der Waals surface area contributed by atoms with Crippen LogP contribution in [0.25, 0.3) is 0 Å². The van der Waals surface area contributed by atoms with Crippen molar-refractivity contribution >= 4 is 17.8 Å². The van der Waals surface area contributed by atoms with Crippen LogP contribution in [-0.4, -0.2) is 31.0 Å². The number of rotatable bonds is 8. The molecule has 7 heteroatoms. The average Bonchev–Trinajstić information content (AvgIpc) is 2.96. The molecule has 0 spiro atoms. The summed E-state index contributed by atoms with van der Waals surface area (Å²) in [6, 6.07) is 3.32. The van der Waals surface area contributed by atoms with Crippen molar-refractivity contribution in [3.8, 4) is 0 Å². The summed E-state index contributed by atoms with van der Waals surface area (Å²) in [5, 5.41) is 2.33. The van der Waals surface area contributed by atoms with E-state index in [0.29, 0.717) is 5.76 Å². The van der Waals surface area contributed by atoms with Gasteiger partial charge in [-0.1, -0.05) is 12.7 Å². The van der Waals surface area contributed by atoms with Gasteiger partial charge in [-0.3, -0.25) is 9.59 Å². The van der Waals surface area contributed by atoms with Crippen molar-refractivity contribution in [3.63, 3.8) is 0 Å². The SMILES string of the molecule is C=CCOC(=O)[C@H](CNC(=O)OCc1ccco1)C(C)=O. The van der Waals surface area contributed by atoms with Crippen LogP contribution in [0, 0.1) is 5.92 Å². The molecule has 0 aliphatic heterocycles. The minimum absolute atomic E-state index is 0.00551. The van der Waals surface area contributed by atoms with Gasteiger partial charge in [0.25, 0.3) is 0 Å². The van der Waals surface area contributed by atoms with Crippen LogP contribution in [-0.2, 0) is 25.7 Å². The van der Waals surface area contributed by atoms with Crippen molar-refractivity contribution in [3.05, 3.63) is 36.8 Å². The number of hydrogen-bond acceptors (Lipinski definition) is 6. The Kier molecular flexibility index (Phi) is 6.73. The Bertz CT molecular complexity index is 494. The lowest BCUT2D eigenvalue weighted by Crippen LogP contribution is -2.37. The highest BCUT2D eigenvalue weighted by Crippen LogP contribution is 2.03. The number of alkyl carbamates (subject to hydrolysis) is 1. The minimum atomic E-state index is -1.07. The lowest BCUT2D eigenvalue weighted by Gasteiger charge is -2.13. The zero-order valence-electron chi connectivity index (χ0n) is 11.7. The summed E-state index contributed by atoms with van der Waals surface area (Å²) < 4.78 is 14.6. The van der Waals surface area contributed by atoms with E-state index in [2.05, 4.69) is 11.9 Å². The first kappa shape index (κ1) is 16.5. The summed E-state index contributed by atoms with van der Waals surface area (Å²) in [4.78, 5) is 34.4. The van der Waals surface area contributed by atoms with E-state index >= 15 is 0 Å². The van der Waals surface area contributed by atoms with Crippen molar-refractivity contribution in [1.29, 1.82) is 0 Å². The van der Waals surface area contributed by atoms with Gasteiger partial charge >= 0.3 is 12.1 Å². The molecule has 1 N–H and O–H groups in total. The molecule has 0 saturated carbocycles. The van der Waals surface area contributed by atoms with Gasteiger partial charge in [0.05, 0.1) is 6.26 Å². The summed E-state index contributed by atoms with van der Waals surface area (Å²) in [5.74, 6) is -1.70. The molecule has 114 valence electrons. The maximum Gasteiger partial charge on any atom is 0.407 e. The van der Waals surface area contributed by atoms with Crippen LogP contribution >= 0.6 is 0 Å². The van der Waals surface area contributed by atoms with Gasteiger partial charge in [0.15, 0.2) is 6.61 Å². The lowest BCUT2D eigenvalue weighted by molar-refractivity contribution is -0.150. The number of hydrogen-bond donors (Lipinski definition) is 1. The third-order valence-corrected chi connectivity index (χ3v) is 2.49. The van der Waals surface area contributed by atoms with E-state index < -0.39 is 23.8 Å². The number of amides is 1. The van der Waals surface area contributed by atoms with E-state index in [1.807, 2.05) is 0 Å². The standard InChI is InChI=1S/C14H17NO6/c1-3-6-20-13(17)12(10(2)16)8-15-14(18)21-9-11-5-4-7-19-11/h3-5,7,12H,1,6,8-9H2,2H3,(H,15,18)/t12-/m1/s1. The molecular formula is C14H17NO6. The highest BCUT2D eigenvalue weighted by molar-refractivity contribution is 5.98. The molecule has 0 saturated heterocycles. The van der Waals surface area contributed by atoms with Gasteiger partial charge in [-0.25, -0.2) is 4.79 Å². The van der Waals surface area contributed by atoms with E-state index in [9.17, 15) is 14.4 Å². The Morgan fingerprint density at radius 3 is 2.76 bits per heavy atom. The van der Waals surface area contributed by atoms with E-state index in [1.165, 1.54) is 19.3 Å². The Hall–Kier alpha value is -2.57. The number of furan rings is 1. The first-order chi connectivity index (χ1) is 10.0. The Morgan fingerprint density at radius 1 is 1.43 bits per heavy atom. The fourth-order valence-corrected chi connectivity index (χ4v) is 1.40. The van der Waals surface area contributed by atoms with Crippen LogP contribution in [0.4, 0.5) is 4.79 Å². The van der Waals surface area contributed by atoms with Crippen LogP contribution in [0.5, 0.6) is 0 Å². The third-order valence-electron chi connectivity index (χ3n) is 2.49. The summed E-state index contributed by atoms with van der Waals surface area (Å²) in [6.45, 7) is 4.42. The number of ether oxygens (including phenoxy) is 2. The van der Waals surface area contributed by atoms with Crippen molar-refractivity contribution in [2.45, 2.75) is 13.5 Å². The van der Waals surface area contributed by atoms with Crippen molar-refractivity contribution in [1.82, 2.24) is 5.32 Å². The van der Waals surface area contributed by atoms with E-state index in [0.717, 1.165) is 0 Å². The van der Waals surface area contributed by atoms with E-state index in [-0.39, 0.29) is 19.8 Å². The monoisotopic (exact) mass is 295 g/mol. The van der Waals surface area contributed by atoms with Crippen LogP contribution in [0.3, 0.4) is 0 Å². The maximum absolute atomic E-state index is 11.6. The Labute approximate surface area is 121 Å². The summed E-state index contributed by atoms with van der Waals surface area (Å²) in [7, 11) is 0. The molecular weight excluding hydrogens is 278 g/mol. The molecule has 1 aromatic rings. The fraction of sp³-hybridized carbons (Fsp3) is 0.357. The number of nitrogens with one attached hydrogen (secondary N) is 1. The van der Waals surface area contributed by atoms with E-state index in [4.69, 9.17) is 13.9 Å². The molecule has 0 bridgehead atoms. The van der Waals surface area contributed by atoms with Crippen molar-refractivity contribution < 1.29 is 28.3 Å². The first-order valence-electron chi connectivity index (χ1n) is 6.25. The quantitative estimate of drug-likeness (QED) is 0.443. The molecule has 1 rings (SSSR count). The largest absolute Gasteiger partial charge is 0.466 e. The van der Waals surface area contributed by atoms with Crippen molar-refractivity contribution in [2.75, 3.05) is 13.2 Å². The lowest BCUT2D eigenvalue weighted by atomic mass is 10.1. The summed E-state index contributed by atoms with van der Waals surface area (Å²) >= 11 is 0. The van der Waals surface area contributed by atoms with Crippen LogP contribution in [0.15, 0.2) is 35.5 Å². The normalized spacial score (nSPS) is 11.3. The second-order valence-electron chi connectivity index (χ2n) is 4.12. The zero-order valence-corrected chi connectivity index (χ0v) is 11.7. The molecule has 0 fully saturated rings. The predicted octanol–water partition coefficient (Wildman–Crippen LogP) is 1.44. The number of ketones is 1. The fourth-order valence-electron chi connectivity index (χ4n) is 1.40. The molecule has 0 aliphatic carbocycles. The maximum atomic E-state index is 11.6. The van der Waals surface area contributed by atoms with Gasteiger partial charge in [0.1, 0.15) is 24.1 Å². The molecule has 0 radical (unpaired) electrons. The van der Waals surface area contributed by atoms with Gasteiger partial charge in [-0.05, 0) is 19.1 Å². The second-order valence-corrected chi connectivity index (χ2v) is 4.12. The van der Waals surface area contributed by atoms with Crippen molar-refractivity contribution in [2.24, 2.45) is 5.92 Å². The van der Waals surface area contributed by atoms with Crippen LogP contribution in [0.2, 0.25) is 0 Å². The zero-order chi connectivity index (χ0) is 15.7. The molecule has 0 aromatic carbocycles. The smallest absolute Gasteiger partial charge is 0.407 e. The Balaban J connectivity index is 2.38. The number of esters is 1. The third kappa shape index (κ3) is 5.94. The molecule has 0 unspecified atom stereocenters. The molecule has 1 heterocycles. The van der Waals surface area contributed by atoms with Gasteiger partial charge < -0.3 is 19.2 Å². The number of carbonyl (C=O) groups is 3. The molecule has 21 heavy (non-hydrogen) atoms. The molecule has 7 nitrogen and oxygen atoms in total. The molecule has 1 aromatic heterocycles. The predicted molar refractivity (Wildman–Crippen MR) is 72.2 cm³/mol. The second kappa shape index (κ2) is 8.57. The molecule has 1 atom stereocenters. The average molecular weight is 295 g/mol. The Morgan fingerprint density at radius 2 is 2.19 bits per heavy atom. The molecule has 0 aliphatic rings. The van der Waals surface area contributed by atoms with Crippen LogP contribution < -0.4 is 5.32 Å². The highest BCUT2D eigenvalue weighted by Gasteiger charge is 2.25. The molecule has 1 amide bonds. The first-order valence-corrected chi connectivity index (χ1v) is 6.25. The van der Waals surface area contributed by atoms with Gasteiger partial charge in [0, 0.05) is 6.54 Å². The highest BCUT2D eigenvalue weighted by atomic mass is 16.6.